The molecule has 0 bridgehead atoms. The molecule has 0 aromatic heterocycles. The summed E-state index contributed by atoms with van der Waals surface area (Å²) >= 11 is 5.51. The Labute approximate surface area is 195 Å². The molecule has 10 heteroatoms. The van der Waals surface area contributed by atoms with Gasteiger partial charge in [-0.1, -0.05) is 0 Å². The van der Waals surface area contributed by atoms with Gasteiger partial charge in [-0.2, -0.15) is 0 Å². The number of carbonyl (C=O) groups is 4. The Kier molecular flexibility index (Phi) is 10.3. The van der Waals surface area contributed by atoms with Crippen LogP contribution in [-0.2, 0) is 23.8 Å². The van der Waals surface area contributed by atoms with Crippen molar-refractivity contribution in [1.82, 2.24) is 9.80 Å². The average Bonchev–Trinajstić information content (AvgIpc) is 3.34. The van der Waals surface area contributed by atoms with Crippen LogP contribution < -0.4 is 0 Å². The first-order valence-corrected chi connectivity index (χ1v) is 11.4. The molecule has 0 spiro atoms. The molecule has 2 heterocycles. The molecule has 2 rings (SSSR count). The van der Waals surface area contributed by atoms with Crippen LogP contribution in [0.3, 0.4) is 0 Å². The normalized spacial score (nSPS) is 20.9. The maximum absolute atomic E-state index is 11.8. The third kappa shape index (κ3) is 8.84. The van der Waals surface area contributed by atoms with Crippen LogP contribution >= 0.6 is 11.6 Å². The van der Waals surface area contributed by atoms with Crippen molar-refractivity contribution in [2.24, 2.45) is 0 Å². The van der Waals surface area contributed by atoms with Gasteiger partial charge in [0.25, 0.3) is 0 Å². The number of ketones is 1. The lowest BCUT2D eigenvalue weighted by atomic mass is 10.1. The fourth-order valence-corrected chi connectivity index (χ4v) is 3.59. The van der Waals surface area contributed by atoms with Gasteiger partial charge in [-0.05, 0) is 67.2 Å². The first-order chi connectivity index (χ1) is 14.7. The smallest absolute Gasteiger partial charge is 0.411 e. The Morgan fingerprint density at radius 2 is 1.22 bits per heavy atom. The lowest BCUT2D eigenvalue weighted by Crippen LogP contribution is -2.43. The molecule has 32 heavy (non-hydrogen) atoms. The predicted octanol–water partition coefficient (Wildman–Crippen LogP) is 3.75. The van der Waals surface area contributed by atoms with Gasteiger partial charge in [0.15, 0.2) is 5.78 Å². The molecule has 2 saturated heterocycles. The molecule has 9 nitrogen and oxygen atoms in total. The molecule has 2 amide bonds. The molecule has 184 valence electrons. The van der Waals surface area contributed by atoms with Gasteiger partial charge in [-0.15, -0.1) is 11.6 Å². The number of hydrogen-bond donors (Lipinski definition) is 0. The van der Waals surface area contributed by atoms with Crippen molar-refractivity contribution in [2.45, 2.75) is 90.5 Å². The number of Topliss-reactive ketones (excluding diaryl/α,β-unsaturated/α-hetero) is 1. The lowest BCUT2D eigenvalue weighted by molar-refractivity contribution is -0.145. The monoisotopic (exact) mass is 476 g/mol. The van der Waals surface area contributed by atoms with Crippen LogP contribution in [0.4, 0.5) is 9.59 Å². The van der Waals surface area contributed by atoms with E-state index in [1.165, 1.54) is 16.9 Å². The van der Waals surface area contributed by atoms with Crippen molar-refractivity contribution >= 4 is 35.5 Å². The van der Waals surface area contributed by atoms with E-state index < -0.39 is 35.5 Å². The zero-order valence-corrected chi connectivity index (χ0v) is 21.0. The summed E-state index contributed by atoms with van der Waals surface area (Å²) in [5.41, 5.74) is -1.07. The van der Waals surface area contributed by atoms with Crippen LogP contribution in [0.2, 0.25) is 0 Å². The quantitative estimate of drug-likeness (QED) is 0.347. The summed E-state index contributed by atoms with van der Waals surface area (Å²) < 4.78 is 15.1. The summed E-state index contributed by atoms with van der Waals surface area (Å²) in [6.45, 7) is 11.9. The van der Waals surface area contributed by atoms with Crippen LogP contribution in [0.5, 0.6) is 0 Å². The summed E-state index contributed by atoms with van der Waals surface area (Å²) in [5, 5.41) is 0. The van der Waals surface area contributed by atoms with Crippen LogP contribution in [-0.4, -0.2) is 83.1 Å². The highest BCUT2D eigenvalue weighted by Gasteiger charge is 2.37. The number of carbonyl (C=O) groups excluding carboxylic acids is 4. The Morgan fingerprint density at radius 1 is 0.812 bits per heavy atom. The molecular formula is C22H37ClN2O7. The van der Waals surface area contributed by atoms with Crippen molar-refractivity contribution < 1.29 is 33.4 Å². The molecule has 0 aromatic carbocycles. The molecule has 2 fully saturated rings. The predicted molar refractivity (Wildman–Crippen MR) is 120 cm³/mol. The number of amides is 2. The largest absolute Gasteiger partial charge is 0.467 e. The highest BCUT2D eigenvalue weighted by molar-refractivity contribution is 6.28. The van der Waals surface area contributed by atoms with Gasteiger partial charge in [0, 0.05) is 13.1 Å². The Hall–Kier alpha value is -2.03. The summed E-state index contributed by atoms with van der Waals surface area (Å²) in [5.74, 6) is -0.530. The number of esters is 1. The highest BCUT2D eigenvalue weighted by atomic mass is 35.5. The maximum atomic E-state index is 11.8. The van der Waals surface area contributed by atoms with Crippen molar-refractivity contribution in [3.8, 4) is 0 Å². The van der Waals surface area contributed by atoms with Crippen LogP contribution in [0.25, 0.3) is 0 Å². The molecule has 0 N–H and O–H groups in total. The fourth-order valence-electron chi connectivity index (χ4n) is 3.42. The van der Waals surface area contributed by atoms with Crippen molar-refractivity contribution in [3.63, 3.8) is 0 Å². The second kappa shape index (κ2) is 11.7. The second-order valence-corrected chi connectivity index (χ2v) is 10.1. The molecule has 0 unspecified atom stereocenters. The molecule has 0 radical (unpaired) electrons. The first-order valence-electron chi connectivity index (χ1n) is 10.9. The van der Waals surface area contributed by atoms with Crippen LogP contribution in [0, 0.1) is 0 Å². The number of hydrogen-bond acceptors (Lipinski definition) is 7. The average molecular weight is 477 g/mol. The first kappa shape index (κ1) is 28.0. The number of rotatable bonds is 3. The summed E-state index contributed by atoms with van der Waals surface area (Å²) in [4.78, 5) is 49.4. The fraction of sp³-hybridized carbons (Fsp3) is 0.818. The van der Waals surface area contributed by atoms with E-state index in [4.69, 9.17) is 21.1 Å². The molecule has 2 aliphatic heterocycles. The minimum atomic E-state index is -0.541. The van der Waals surface area contributed by atoms with Crippen LogP contribution in [0.15, 0.2) is 0 Å². The van der Waals surface area contributed by atoms with E-state index >= 15 is 0 Å². The van der Waals surface area contributed by atoms with Crippen molar-refractivity contribution in [1.29, 1.82) is 0 Å². The summed E-state index contributed by atoms with van der Waals surface area (Å²) in [6.07, 6.45) is 2.09. The highest BCUT2D eigenvalue weighted by Crippen LogP contribution is 2.22. The zero-order valence-electron chi connectivity index (χ0n) is 20.2. The summed E-state index contributed by atoms with van der Waals surface area (Å²) in [6, 6.07) is -0.882. The van der Waals surface area contributed by atoms with E-state index in [-0.39, 0.29) is 17.6 Å². The Balaban J connectivity index is 0.000000320. The number of nitrogens with zero attached hydrogens (tertiary/aromatic N) is 2. The van der Waals surface area contributed by atoms with Gasteiger partial charge in [0.2, 0.25) is 0 Å². The molecular weight excluding hydrogens is 440 g/mol. The van der Waals surface area contributed by atoms with E-state index in [1.54, 1.807) is 41.5 Å². The maximum Gasteiger partial charge on any atom is 0.411 e. The van der Waals surface area contributed by atoms with Gasteiger partial charge in [-0.3, -0.25) is 14.6 Å². The molecule has 2 atom stereocenters. The van der Waals surface area contributed by atoms with Gasteiger partial charge >= 0.3 is 18.2 Å². The van der Waals surface area contributed by atoms with Gasteiger partial charge < -0.3 is 14.2 Å². The number of ether oxygens (including phenoxy) is 3. The molecule has 0 saturated carbocycles. The van der Waals surface area contributed by atoms with Crippen LogP contribution in [0.1, 0.15) is 67.2 Å². The topological polar surface area (TPSA) is 102 Å². The van der Waals surface area contributed by atoms with Gasteiger partial charge in [0.1, 0.15) is 17.2 Å². The minimum Gasteiger partial charge on any atom is -0.467 e. The Morgan fingerprint density at radius 3 is 1.59 bits per heavy atom. The van der Waals surface area contributed by atoms with Crippen molar-refractivity contribution in [2.75, 3.05) is 26.1 Å². The van der Waals surface area contributed by atoms with E-state index in [2.05, 4.69) is 4.74 Å². The second-order valence-electron chi connectivity index (χ2n) is 9.79. The number of likely N-dealkylation sites (tertiary alicyclic amines) is 2. The van der Waals surface area contributed by atoms with Gasteiger partial charge in [-0.25, -0.2) is 14.4 Å². The van der Waals surface area contributed by atoms with E-state index in [0.29, 0.717) is 25.9 Å². The lowest BCUT2D eigenvalue weighted by Gasteiger charge is -2.27. The third-order valence-corrected chi connectivity index (χ3v) is 5.00. The van der Waals surface area contributed by atoms with Crippen molar-refractivity contribution in [3.05, 3.63) is 0 Å². The molecule has 0 aromatic rings. The SMILES string of the molecule is CC(C)(C)OC(=O)N1CCC[C@@H]1C(=O)CCl.COC(=O)[C@H]1CCCN1C(=O)OC(C)(C)C. The molecule has 0 aliphatic carbocycles. The standard InChI is InChI=1S/C11H18ClNO3.C11H19NO4/c1-11(2,3)16-10(15)13-6-4-5-8(13)9(14)7-12;1-11(2,3)16-10(14)12-7-5-6-8(12)9(13)15-4/h8H,4-7H2,1-3H3;8H,5-7H2,1-4H3/t2*8-/m11/s1. The summed E-state index contributed by atoms with van der Waals surface area (Å²) in [7, 11) is 1.33. The molecule has 2 aliphatic rings. The number of methoxy groups -OCH3 is 1. The zero-order chi connectivity index (χ0) is 24.7. The van der Waals surface area contributed by atoms with E-state index in [1.807, 2.05) is 0 Å². The van der Waals surface area contributed by atoms with Gasteiger partial charge in [0.05, 0.1) is 19.0 Å². The third-order valence-electron chi connectivity index (χ3n) is 4.74. The minimum absolute atomic E-state index is 0.0516. The number of alkyl halides is 1. The number of halogens is 1. The van der Waals surface area contributed by atoms with E-state index in [0.717, 1.165) is 12.8 Å². The Bertz CT molecular complexity index is 627. The van der Waals surface area contributed by atoms with E-state index in [9.17, 15) is 19.2 Å².